The van der Waals surface area contributed by atoms with Crippen LogP contribution in [0.4, 0.5) is 5.95 Å². The standard InChI is InChI=1S/C27H33N5O4S/c1-7-25(33)32-15-20(11-21(32)14-29-37(6)34)30-27-28-13-19-10-18(8-9-22(19)31-27)26-16(2)23(35-4)12-24(36-5)17(26)3/h7-10,12-13,20-21,29H,1,11,14-15H2,2-6H3,(H,28,30,31). The second-order valence-electron chi connectivity index (χ2n) is 9.10. The molecule has 2 N–H and O–H groups in total. The molecule has 3 unspecified atom stereocenters. The number of nitrogens with one attached hydrogen (secondary N) is 2. The lowest BCUT2D eigenvalue weighted by Gasteiger charge is -2.22. The summed E-state index contributed by atoms with van der Waals surface area (Å²) in [5, 5.41) is 4.28. The summed E-state index contributed by atoms with van der Waals surface area (Å²) in [6.07, 6.45) is 5.37. The molecule has 1 amide bonds. The second-order valence-corrected chi connectivity index (χ2v) is 10.3. The monoisotopic (exact) mass is 523 g/mol. The molecule has 196 valence electrons. The van der Waals surface area contributed by atoms with Gasteiger partial charge in [0.2, 0.25) is 11.9 Å². The van der Waals surface area contributed by atoms with E-state index in [1.807, 2.05) is 32.0 Å². The molecule has 2 heterocycles. The van der Waals surface area contributed by atoms with Crippen molar-refractivity contribution < 1.29 is 18.5 Å². The zero-order valence-electron chi connectivity index (χ0n) is 21.8. The van der Waals surface area contributed by atoms with Gasteiger partial charge in [-0.25, -0.2) is 18.9 Å². The fourth-order valence-electron chi connectivity index (χ4n) is 4.98. The van der Waals surface area contributed by atoms with Crippen LogP contribution in [0.15, 0.2) is 43.1 Å². The van der Waals surface area contributed by atoms with Crippen LogP contribution in [0.1, 0.15) is 17.5 Å². The summed E-state index contributed by atoms with van der Waals surface area (Å²) in [6, 6.07) is 7.87. The molecule has 1 fully saturated rings. The van der Waals surface area contributed by atoms with Crippen LogP contribution in [0.3, 0.4) is 0 Å². The molecular formula is C27H33N5O4S. The van der Waals surface area contributed by atoms with E-state index in [1.54, 1.807) is 31.6 Å². The molecule has 2 aromatic carbocycles. The van der Waals surface area contributed by atoms with Gasteiger partial charge in [0.15, 0.2) is 0 Å². The van der Waals surface area contributed by atoms with Gasteiger partial charge in [0.05, 0.1) is 30.7 Å². The molecule has 1 aliphatic heterocycles. The van der Waals surface area contributed by atoms with Crippen molar-refractivity contribution in [2.24, 2.45) is 0 Å². The van der Waals surface area contributed by atoms with Crippen LogP contribution in [0.2, 0.25) is 0 Å². The molecule has 3 aromatic rings. The predicted octanol–water partition coefficient (Wildman–Crippen LogP) is 3.38. The van der Waals surface area contributed by atoms with Crippen molar-refractivity contribution in [3.05, 3.63) is 54.2 Å². The third kappa shape index (κ3) is 5.60. The number of hydrogen-bond donors (Lipinski definition) is 2. The minimum Gasteiger partial charge on any atom is -0.496 e. The number of nitrogens with zero attached hydrogens (tertiary/aromatic N) is 3. The van der Waals surface area contributed by atoms with Crippen molar-refractivity contribution in [1.29, 1.82) is 0 Å². The van der Waals surface area contributed by atoms with Gasteiger partial charge in [-0.15, -0.1) is 0 Å². The number of aromatic nitrogens is 2. The van der Waals surface area contributed by atoms with Gasteiger partial charge in [-0.05, 0) is 60.7 Å². The minimum absolute atomic E-state index is 0.0349. The molecule has 3 atom stereocenters. The Balaban J connectivity index is 1.58. The van der Waals surface area contributed by atoms with Crippen molar-refractivity contribution >= 4 is 33.7 Å². The van der Waals surface area contributed by atoms with E-state index in [-0.39, 0.29) is 18.0 Å². The van der Waals surface area contributed by atoms with E-state index in [0.717, 1.165) is 44.7 Å². The highest BCUT2D eigenvalue weighted by molar-refractivity contribution is 7.82. The van der Waals surface area contributed by atoms with Crippen LogP contribution in [-0.4, -0.2) is 70.6 Å². The van der Waals surface area contributed by atoms with Crippen molar-refractivity contribution in [2.75, 3.05) is 38.9 Å². The summed E-state index contributed by atoms with van der Waals surface area (Å²) in [4.78, 5) is 23.4. The normalized spacial score (nSPS) is 18.0. The Hall–Kier alpha value is -3.50. The SMILES string of the molecule is C=CC(=O)N1CC(Nc2ncc3cc(-c4c(C)c(OC)cc(OC)c4C)ccc3n2)CC1CNS(C)=O. The molecule has 1 saturated heterocycles. The van der Waals surface area contributed by atoms with Crippen LogP contribution in [0, 0.1) is 13.8 Å². The average Bonchev–Trinajstić information content (AvgIpc) is 3.29. The number of anilines is 1. The second kappa shape index (κ2) is 11.3. The third-order valence-electron chi connectivity index (χ3n) is 6.79. The summed E-state index contributed by atoms with van der Waals surface area (Å²) in [5.41, 5.74) is 4.97. The Morgan fingerprint density at radius 1 is 1.22 bits per heavy atom. The van der Waals surface area contributed by atoms with Crippen LogP contribution in [0.25, 0.3) is 22.0 Å². The molecule has 4 rings (SSSR count). The maximum absolute atomic E-state index is 12.3. The number of likely N-dealkylation sites (tertiary alicyclic amines) is 1. The Bertz CT molecular complexity index is 1330. The van der Waals surface area contributed by atoms with Crippen molar-refractivity contribution in [3.63, 3.8) is 0 Å². The van der Waals surface area contributed by atoms with E-state index >= 15 is 0 Å². The molecule has 9 nitrogen and oxygen atoms in total. The highest BCUT2D eigenvalue weighted by atomic mass is 32.2. The van der Waals surface area contributed by atoms with Crippen molar-refractivity contribution in [3.8, 4) is 22.6 Å². The van der Waals surface area contributed by atoms with Gasteiger partial charge in [0.25, 0.3) is 0 Å². The lowest BCUT2D eigenvalue weighted by molar-refractivity contribution is -0.126. The van der Waals surface area contributed by atoms with Crippen LogP contribution in [0.5, 0.6) is 11.5 Å². The Morgan fingerprint density at radius 2 is 1.92 bits per heavy atom. The van der Waals surface area contributed by atoms with Gasteiger partial charge in [0.1, 0.15) is 11.5 Å². The summed E-state index contributed by atoms with van der Waals surface area (Å²) in [7, 11) is 2.16. The summed E-state index contributed by atoms with van der Waals surface area (Å²) >= 11 is 0. The largest absolute Gasteiger partial charge is 0.496 e. The Morgan fingerprint density at radius 3 is 2.54 bits per heavy atom. The number of hydrogen-bond acceptors (Lipinski definition) is 7. The maximum Gasteiger partial charge on any atom is 0.246 e. The number of carbonyl (C=O) groups is 1. The van der Waals surface area contributed by atoms with Crippen LogP contribution >= 0.6 is 0 Å². The first-order valence-electron chi connectivity index (χ1n) is 12.0. The van der Waals surface area contributed by atoms with E-state index in [1.165, 1.54) is 6.08 Å². The van der Waals surface area contributed by atoms with E-state index in [2.05, 4.69) is 27.7 Å². The molecule has 1 aliphatic rings. The highest BCUT2D eigenvalue weighted by Crippen LogP contribution is 2.39. The number of rotatable bonds is 9. The Labute approximate surface area is 219 Å². The predicted molar refractivity (Wildman–Crippen MR) is 147 cm³/mol. The topological polar surface area (TPSA) is 106 Å². The molecular weight excluding hydrogens is 490 g/mol. The number of amides is 1. The number of carbonyl (C=O) groups excluding carboxylic acids is 1. The van der Waals surface area contributed by atoms with Gasteiger partial charge >= 0.3 is 0 Å². The number of ether oxygens (including phenoxy) is 2. The van der Waals surface area contributed by atoms with E-state index in [9.17, 15) is 9.00 Å². The van der Waals surface area contributed by atoms with E-state index < -0.39 is 11.0 Å². The highest BCUT2D eigenvalue weighted by Gasteiger charge is 2.34. The first-order chi connectivity index (χ1) is 17.7. The maximum atomic E-state index is 12.3. The fraction of sp³-hybridized carbons (Fsp3) is 0.370. The first kappa shape index (κ1) is 26.6. The zero-order chi connectivity index (χ0) is 26.7. The van der Waals surface area contributed by atoms with Gasteiger partial charge in [0, 0.05) is 49.1 Å². The minimum atomic E-state index is -1.15. The summed E-state index contributed by atoms with van der Waals surface area (Å²) in [6.45, 7) is 8.62. The van der Waals surface area contributed by atoms with Crippen molar-refractivity contribution in [2.45, 2.75) is 32.4 Å². The molecule has 0 spiro atoms. The molecule has 0 radical (unpaired) electrons. The smallest absolute Gasteiger partial charge is 0.246 e. The zero-order valence-corrected chi connectivity index (χ0v) is 22.6. The van der Waals surface area contributed by atoms with E-state index in [0.29, 0.717) is 25.5 Å². The average molecular weight is 524 g/mol. The van der Waals surface area contributed by atoms with Gasteiger partial charge in [-0.3, -0.25) is 4.79 Å². The fourth-order valence-corrected chi connectivity index (χ4v) is 5.40. The van der Waals surface area contributed by atoms with Crippen LogP contribution < -0.4 is 19.5 Å². The molecule has 1 aromatic heterocycles. The third-order valence-corrected chi connectivity index (χ3v) is 7.36. The van der Waals surface area contributed by atoms with Gasteiger partial charge in [-0.2, -0.15) is 0 Å². The Kier molecular flexibility index (Phi) is 8.09. The molecule has 0 bridgehead atoms. The lowest BCUT2D eigenvalue weighted by atomic mass is 9.93. The van der Waals surface area contributed by atoms with E-state index in [4.69, 9.17) is 14.5 Å². The number of fused-ring (bicyclic) bond motifs is 1. The molecule has 10 heteroatoms. The van der Waals surface area contributed by atoms with Crippen LogP contribution in [-0.2, 0) is 15.8 Å². The molecule has 37 heavy (non-hydrogen) atoms. The quantitative estimate of drug-likeness (QED) is 0.414. The summed E-state index contributed by atoms with van der Waals surface area (Å²) < 4.78 is 25.5. The molecule has 0 saturated carbocycles. The number of benzene rings is 2. The summed E-state index contributed by atoms with van der Waals surface area (Å²) in [5.74, 6) is 1.89. The van der Waals surface area contributed by atoms with Crippen molar-refractivity contribution in [1.82, 2.24) is 19.6 Å². The van der Waals surface area contributed by atoms with Gasteiger partial charge in [-0.1, -0.05) is 12.6 Å². The first-order valence-corrected chi connectivity index (χ1v) is 13.6. The lowest BCUT2D eigenvalue weighted by Crippen LogP contribution is -2.41. The number of methoxy groups -OCH3 is 2. The molecule has 0 aliphatic carbocycles. The van der Waals surface area contributed by atoms with Gasteiger partial charge < -0.3 is 19.7 Å².